The number of nitrogens with two attached hydrogens (primary N) is 1. The maximum Gasteiger partial charge on any atom is 0.233 e. The summed E-state index contributed by atoms with van der Waals surface area (Å²) in [5.41, 5.74) is 5.21. The van der Waals surface area contributed by atoms with Crippen molar-refractivity contribution < 1.29 is 4.79 Å². The molecule has 2 fully saturated rings. The minimum Gasteiger partial charge on any atom is -0.392 e. The Bertz CT molecular complexity index is 304. The highest BCUT2D eigenvalue weighted by Crippen LogP contribution is 2.46. The molecule has 0 aromatic heterocycles. The van der Waals surface area contributed by atoms with E-state index in [1.54, 1.807) is 0 Å². The van der Waals surface area contributed by atoms with Crippen molar-refractivity contribution >= 4 is 23.1 Å². The molecule has 3 nitrogen and oxygen atoms in total. The molecule has 2 saturated carbocycles. The van der Waals surface area contributed by atoms with Crippen LogP contribution in [0.15, 0.2) is 0 Å². The third-order valence-electron chi connectivity index (χ3n) is 3.99. The van der Waals surface area contributed by atoms with E-state index in [0.717, 1.165) is 25.7 Å². The van der Waals surface area contributed by atoms with Gasteiger partial charge in [-0.2, -0.15) is 0 Å². The van der Waals surface area contributed by atoms with Gasteiger partial charge >= 0.3 is 0 Å². The molecule has 0 atom stereocenters. The Morgan fingerprint density at radius 1 is 1.38 bits per heavy atom. The second-order valence-electron chi connectivity index (χ2n) is 5.41. The van der Waals surface area contributed by atoms with E-state index in [4.69, 9.17) is 18.0 Å². The van der Waals surface area contributed by atoms with Crippen molar-refractivity contribution in [3.8, 4) is 0 Å². The van der Waals surface area contributed by atoms with E-state index in [2.05, 4.69) is 12.2 Å². The zero-order valence-corrected chi connectivity index (χ0v) is 10.6. The van der Waals surface area contributed by atoms with Crippen LogP contribution in [-0.4, -0.2) is 16.9 Å². The Kier molecular flexibility index (Phi) is 3.19. The Morgan fingerprint density at radius 2 is 1.94 bits per heavy atom. The first-order valence-electron chi connectivity index (χ1n) is 6.15. The standard InChI is InChI=1S/C12H20N2OS/c1-8-6-12(7-8,10(13)16)11(15)14-9-4-2-3-5-9/h8-9H,2-7H2,1H3,(H2,13,16)(H,14,15). The van der Waals surface area contributed by atoms with E-state index in [-0.39, 0.29) is 5.91 Å². The van der Waals surface area contributed by atoms with Crippen LogP contribution < -0.4 is 11.1 Å². The molecule has 4 heteroatoms. The summed E-state index contributed by atoms with van der Waals surface area (Å²) in [5, 5.41) is 3.12. The summed E-state index contributed by atoms with van der Waals surface area (Å²) in [5.74, 6) is 0.640. The zero-order valence-electron chi connectivity index (χ0n) is 9.79. The van der Waals surface area contributed by atoms with E-state index in [0.29, 0.717) is 16.9 Å². The molecule has 0 bridgehead atoms. The molecule has 1 amide bonds. The van der Waals surface area contributed by atoms with Gasteiger partial charge in [0.05, 0.1) is 10.4 Å². The minimum atomic E-state index is -0.530. The highest BCUT2D eigenvalue weighted by atomic mass is 32.1. The quantitative estimate of drug-likeness (QED) is 0.739. The normalized spacial score (nSPS) is 34.4. The first kappa shape index (κ1) is 11.8. The minimum absolute atomic E-state index is 0.0741. The van der Waals surface area contributed by atoms with Gasteiger partial charge in [0.15, 0.2) is 0 Å². The number of hydrogen-bond acceptors (Lipinski definition) is 2. The molecular weight excluding hydrogens is 220 g/mol. The molecule has 2 rings (SSSR count). The predicted molar refractivity (Wildman–Crippen MR) is 68.0 cm³/mol. The van der Waals surface area contributed by atoms with Crippen LogP contribution in [0.5, 0.6) is 0 Å². The molecular formula is C12H20N2OS. The number of rotatable bonds is 3. The van der Waals surface area contributed by atoms with Crippen LogP contribution in [0.2, 0.25) is 0 Å². The van der Waals surface area contributed by atoms with Gasteiger partial charge < -0.3 is 11.1 Å². The molecule has 0 aromatic rings. The number of carbonyl (C=O) groups is 1. The number of hydrogen-bond donors (Lipinski definition) is 2. The van der Waals surface area contributed by atoms with Crippen LogP contribution >= 0.6 is 12.2 Å². The fourth-order valence-corrected chi connectivity index (χ4v) is 3.28. The lowest BCUT2D eigenvalue weighted by atomic mass is 9.62. The van der Waals surface area contributed by atoms with Crippen LogP contribution in [0.3, 0.4) is 0 Å². The van der Waals surface area contributed by atoms with Gasteiger partial charge in [-0.15, -0.1) is 0 Å². The average Bonchev–Trinajstić information content (AvgIpc) is 2.64. The molecule has 0 unspecified atom stereocenters. The SMILES string of the molecule is CC1CC(C(=O)NC2CCCC2)(C(N)=S)C1. The molecule has 0 heterocycles. The van der Waals surface area contributed by atoms with Gasteiger partial charge in [0, 0.05) is 6.04 Å². The van der Waals surface area contributed by atoms with Crippen LogP contribution in [0.1, 0.15) is 45.4 Å². The molecule has 90 valence electrons. The predicted octanol–water partition coefficient (Wildman–Crippen LogP) is 1.75. The largest absolute Gasteiger partial charge is 0.392 e. The van der Waals surface area contributed by atoms with E-state index in [1.165, 1.54) is 12.8 Å². The van der Waals surface area contributed by atoms with Crippen molar-refractivity contribution in [1.82, 2.24) is 5.32 Å². The molecule has 3 N–H and O–H groups in total. The van der Waals surface area contributed by atoms with Gasteiger partial charge in [-0.1, -0.05) is 32.0 Å². The summed E-state index contributed by atoms with van der Waals surface area (Å²) in [7, 11) is 0. The van der Waals surface area contributed by atoms with Crippen molar-refractivity contribution in [3.63, 3.8) is 0 Å². The summed E-state index contributed by atoms with van der Waals surface area (Å²) >= 11 is 5.07. The second-order valence-corrected chi connectivity index (χ2v) is 5.85. The van der Waals surface area contributed by atoms with Crippen molar-refractivity contribution in [2.45, 2.75) is 51.5 Å². The van der Waals surface area contributed by atoms with Crippen LogP contribution in [0.4, 0.5) is 0 Å². The highest BCUT2D eigenvalue weighted by molar-refractivity contribution is 7.80. The van der Waals surface area contributed by atoms with E-state index < -0.39 is 5.41 Å². The van der Waals surface area contributed by atoms with Gasteiger partial charge in [-0.3, -0.25) is 4.79 Å². The van der Waals surface area contributed by atoms with Gasteiger partial charge in [-0.05, 0) is 31.6 Å². The van der Waals surface area contributed by atoms with Gasteiger partial charge in [0.1, 0.15) is 0 Å². The number of thiocarbonyl (C=S) groups is 1. The third kappa shape index (κ3) is 1.95. The van der Waals surface area contributed by atoms with E-state index in [1.807, 2.05) is 0 Å². The Balaban J connectivity index is 1.98. The van der Waals surface area contributed by atoms with Gasteiger partial charge in [0.2, 0.25) is 5.91 Å². The topological polar surface area (TPSA) is 55.1 Å². The Hall–Kier alpha value is -0.640. The molecule has 0 saturated heterocycles. The van der Waals surface area contributed by atoms with Crippen molar-refractivity contribution in [3.05, 3.63) is 0 Å². The van der Waals surface area contributed by atoms with E-state index in [9.17, 15) is 4.79 Å². The van der Waals surface area contributed by atoms with Crippen LogP contribution in [0.25, 0.3) is 0 Å². The van der Waals surface area contributed by atoms with Crippen LogP contribution in [0, 0.1) is 11.3 Å². The summed E-state index contributed by atoms with van der Waals surface area (Å²) in [4.78, 5) is 12.6. The van der Waals surface area contributed by atoms with Crippen LogP contribution in [-0.2, 0) is 4.79 Å². The molecule has 2 aliphatic rings. The summed E-state index contributed by atoms with van der Waals surface area (Å²) in [6, 6.07) is 0.356. The first-order valence-corrected chi connectivity index (χ1v) is 6.56. The number of carbonyl (C=O) groups excluding carboxylic acids is 1. The lowest BCUT2D eigenvalue weighted by Gasteiger charge is -2.44. The Morgan fingerprint density at radius 3 is 2.38 bits per heavy atom. The maximum absolute atomic E-state index is 12.2. The smallest absolute Gasteiger partial charge is 0.233 e. The number of amides is 1. The molecule has 0 aliphatic heterocycles. The van der Waals surface area contributed by atoms with Gasteiger partial charge in [0.25, 0.3) is 0 Å². The fraction of sp³-hybridized carbons (Fsp3) is 0.833. The molecule has 0 aromatic carbocycles. The molecule has 0 radical (unpaired) electrons. The monoisotopic (exact) mass is 240 g/mol. The van der Waals surface area contributed by atoms with Crippen molar-refractivity contribution in [1.29, 1.82) is 0 Å². The third-order valence-corrected chi connectivity index (χ3v) is 4.38. The molecule has 16 heavy (non-hydrogen) atoms. The first-order chi connectivity index (χ1) is 7.54. The average molecular weight is 240 g/mol. The summed E-state index contributed by atoms with van der Waals surface area (Å²) in [6.45, 7) is 2.14. The lowest BCUT2D eigenvalue weighted by Crippen LogP contribution is -2.57. The van der Waals surface area contributed by atoms with Gasteiger partial charge in [-0.25, -0.2) is 0 Å². The zero-order chi connectivity index (χ0) is 11.8. The maximum atomic E-state index is 12.2. The molecule has 2 aliphatic carbocycles. The summed E-state index contributed by atoms with van der Waals surface area (Å²) < 4.78 is 0. The highest BCUT2D eigenvalue weighted by Gasteiger charge is 2.51. The Labute approximate surface area is 102 Å². The van der Waals surface area contributed by atoms with Crippen molar-refractivity contribution in [2.24, 2.45) is 17.1 Å². The fourth-order valence-electron chi connectivity index (χ4n) is 3.02. The van der Waals surface area contributed by atoms with Crippen molar-refractivity contribution in [2.75, 3.05) is 0 Å². The number of nitrogens with one attached hydrogen (secondary N) is 1. The lowest BCUT2D eigenvalue weighted by molar-refractivity contribution is -0.133. The molecule has 0 spiro atoms. The summed E-state index contributed by atoms with van der Waals surface area (Å²) in [6.07, 6.45) is 6.30. The second kappa shape index (κ2) is 4.32. The van der Waals surface area contributed by atoms with E-state index >= 15 is 0 Å².